The number of hydrogen-bond acceptors (Lipinski definition) is 0. The van der Waals surface area contributed by atoms with E-state index >= 15 is 0 Å². The predicted molar refractivity (Wildman–Crippen MR) is 66.7 cm³/mol. The van der Waals surface area contributed by atoms with Crippen LogP contribution < -0.4 is 0 Å². The molecule has 2 aliphatic carbocycles. The van der Waals surface area contributed by atoms with E-state index in [2.05, 4.69) is 33.4 Å². The summed E-state index contributed by atoms with van der Waals surface area (Å²) in [7, 11) is 0. The molecule has 84 valence electrons. The van der Waals surface area contributed by atoms with Crippen molar-refractivity contribution >= 4 is 0 Å². The summed E-state index contributed by atoms with van der Waals surface area (Å²) in [6.45, 7) is 11.3. The zero-order valence-electron chi connectivity index (χ0n) is 10.5. The van der Waals surface area contributed by atoms with Gasteiger partial charge >= 0.3 is 0 Å². The van der Waals surface area contributed by atoms with Crippen LogP contribution in [0.3, 0.4) is 0 Å². The fourth-order valence-electron chi connectivity index (χ4n) is 3.46. The second kappa shape index (κ2) is 3.81. The molecule has 0 saturated heterocycles. The van der Waals surface area contributed by atoms with Crippen molar-refractivity contribution in [2.45, 2.75) is 52.9 Å². The largest absolute Gasteiger partial charge is 0.0999 e. The summed E-state index contributed by atoms with van der Waals surface area (Å²) < 4.78 is 0. The summed E-state index contributed by atoms with van der Waals surface area (Å²) in [6, 6.07) is 0. The normalized spacial score (nSPS) is 40.6. The maximum atomic E-state index is 4.15. The lowest BCUT2D eigenvalue weighted by molar-refractivity contribution is 0.151. The molecule has 0 radical (unpaired) electrons. The molecule has 0 aromatic carbocycles. The van der Waals surface area contributed by atoms with Crippen molar-refractivity contribution in [1.29, 1.82) is 0 Å². The van der Waals surface area contributed by atoms with Crippen LogP contribution in [-0.2, 0) is 0 Å². The van der Waals surface area contributed by atoms with E-state index in [4.69, 9.17) is 0 Å². The summed E-state index contributed by atoms with van der Waals surface area (Å²) in [5.41, 5.74) is 3.63. The van der Waals surface area contributed by atoms with Gasteiger partial charge in [-0.25, -0.2) is 0 Å². The number of allylic oxidation sites excluding steroid dienone is 3. The van der Waals surface area contributed by atoms with Crippen LogP contribution in [0.4, 0.5) is 0 Å². The van der Waals surface area contributed by atoms with Gasteiger partial charge in [0, 0.05) is 0 Å². The summed E-state index contributed by atoms with van der Waals surface area (Å²) in [6.07, 6.45) is 9.21. The van der Waals surface area contributed by atoms with E-state index < -0.39 is 0 Å². The zero-order valence-corrected chi connectivity index (χ0v) is 10.5. The molecule has 0 N–H and O–H groups in total. The third kappa shape index (κ3) is 1.79. The van der Waals surface area contributed by atoms with Crippen LogP contribution in [0.1, 0.15) is 52.9 Å². The molecule has 2 rings (SSSR count). The average molecular weight is 204 g/mol. The number of fused-ring (bicyclic) bond motifs is 1. The number of rotatable bonds is 1. The lowest BCUT2D eigenvalue weighted by atomic mass is 9.58. The third-order valence-corrected chi connectivity index (χ3v) is 4.94. The molecule has 0 aromatic rings. The van der Waals surface area contributed by atoms with Gasteiger partial charge in [-0.2, -0.15) is 0 Å². The van der Waals surface area contributed by atoms with Crippen molar-refractivity contribution in [1.82, 2.24) is 0 Å². The van der Waals surface area contributed by atoms with Crippen molar-refractivity contribution in [3.8, 4) is 0 Å². The van der Waals surface area contributed by atoms with Crippen LogP contribution in [0, 0.1) is 17.3 Å². The van der Waals surface area contributed by atoms with Crippen molar-refractivity contribution in [3.63, 3.8) is 0 Å². The number of hydrogen-bond donors (Lipinski definition) is 0. The molecule has 0 aromatic heterocycles. The molecule has 0 amide bonds. The molecule has 0 bridgehead atoms. The Balaban J connectivity index is 2.24. The Labute approximate surface area is 94.5 Å². The minimum atomic E-state index is 0.486. The average Bonchev–Trinajstić information content (AvgIpc) is 2.19. The molecule has 1 saturated carbocycles. The Hall–Kier alpha value is -0.520. The first-order valence-electron chi connectivity index (χ1n) is 6.39. The van der Waals surface area contributed by atoms with E-state index in [9.17, 15) is 0 Å². The molecule has 15 heavy (non-hydrogen) atoms. The molecule has 2 aliphatic rings. The van der Waals surface area contributed by atoms with Gasteiger partial charge in [-0.1, -0.05) is 37.6 Å². The molecular weight excluding hydrogens is 180 g/mol. The van der Waals surface area contributed by atoms with Gasteiger partial charge in [0.1, 0.15) is 0 Å². The van der Waals surface area contributed by atoms with Crippen LogP contribution in [-0.4, -0.2) is 0 Å². The maximum absolute atomic E-state index is 4.15. The van der Waals surface area contributed by atoms with E-state index in [0.29, 0.717) is 5.41 Å². The van der Waals surface area contributed by atoms with Crippen LogP contribution >= 0.6 is 0 Å². The van der Waals surface area contributed by atoms with Gasteiger partial charge in [0.2, 0.25) is 0 Å². The molecule has 0 aliphatic heterocycles. The highest BCUT2D eigenvalue weighted by Crippen LogP contribution is 2.53. The molecule has 3 unspecified atom stereocenters. The molecule has 0 heterocycles. The second-order valence-electron chi connectivity index (χ2n) is 5.91. The van der Waals surface area contributed by atoms with E-state index in [-0.39, 0.29) is 0 Å². The Morgan fingerprint density at radius 1 is 1.47 bits per heavy atom. The van der Waals surface area contributed by atoms with Gasteiger partial charge < -0.3 is 0 Å². The Kier molecular flexibility index (Phi) is 2.79. The molecule has 0 spiro atoms. The van der Waals surface area contributed by atoms with Gasteiger partial charge in [0.25, 0.3) is 0 Å². The zero-order chi connectivity index (χ0) is 11.1. The molecular formula is C15H24. The first-order chi connectivity index (χ1) is 7.04. The molecule has 0 nitrogen and oxygen atoms in total. The maximum Gasteiger partial charge on any atom is -0.00850 e. The first kappa shape index (κ1) is 11.0. The Bertz CT molecular complexity index is 297. The molecule has 0 heteroatoms. The summed E-state index contributed by atoms with van der Waals surface area (Å²) in [5.74, 6) is 1.63. The topological polar surface area (TPSA) is 0 Å². The SMILES string of the molecule is C=C(C)C1CCC2=CCCC(C)C2(C)C1. The molecule has 3 atom stereocenters. The minimum Gasteiger partial charge on any atom is -0.0999 e. The van der Waals surface area contributed by atoms with Gasteiger partial charge in [-0.15, -0.1) is 0 Å². The van der Waals surface area contributed by atoms with Crippen molar-refractivity contribution in [2.24, 2.45) is 17.3 Å². The lowest BCUT2D eigenvalue weighted by Crippen LogP contribution is -2.36. The minimum absolute atomic E-state index is 0.486. The van der Waals surface area contributed by atoms with Crippen LogP contribution in [0.2, 0.25) is 0 Å². The van der Waals surface area contributed by atoms with E-state index in [0.717, 1.165) is 11.8 Å². The summed E-state index contributed by atoms with van der Waals surface area (Å²) in [5, 5.41) is 0. The highest BCUT2D eigenvalue weighted by molar-refractivity contribution is 5.23. The molecule has 1 fully saturated rings. The van der Waals surface area contributed by atoms with Crippen LogP contribution in [0.5, 0.6) is 0 Å². The Morgan fingerprint density at radius 3 is 2.87 bits per heavy atom. The quantitative estimate of drug-likeness (QED) is 0.542. The van der Waals surface area contributed by atoms with E-state index in [1.165, 1.54) is 37.7 Å². The van der Waals surface area contributed by atoms with Crippen molar-refractivity contribution < 1.29 is 0 Å². The Morgan fingerprint density at radius 2 is 2.20 bits per heavy atom. The van der Waals surface area contributed by atoms with Crippen molar-refractivity contribution in [3.05, 3.63) is 23.8 Å². The van der Waals surface area contributed by atoms with Gasteiger partial charge in [-0.3, -0.25) is 0 Å². The summed E-state index contributed by atoms with van der Waals surface area (Å²) in [4.78, 5) is 0. The van der Waals surface area contributed by atoms with Crippen LogP contribution in [0.15, 0.2) is 23.8 Å². The second-order valence-corrected chi connectivity index (χ2v) is 5.91. The standard InChI is InChI=1S/C15H24/c1-11(2)13-8-9-14-7-5-6-12(3)15(14,4)10-13/h7,12-13H,1,5-6,8-10H2,2-4H3. The van der Waals surface area contributed by atoms with Gasteiger partial charge in [0.15, 0.2) is 0 Å². The van der Waals surface area contributed by atoms with E-state index in [1.54, 1.807) is 5.57 Å². The smallest absolute Gasteiger partial charge is 0.00850 e. The fraction of sp³-hybridized carbons (Fsp3) is 0.733. The van der Waals surface area contributed by atoms with Crippen molar-refractivity contribution in [2.75, 3.05) is 0 Å². The fourth-order valence-corrected chi connectivity index (χ4v) is 3.46. The van der Waals surface area contributed by atoms with Gasteiger partial charge in [0.05, 0.1) is 0 Å². The lowest BCUT2D eigenvalue weighted by Gasteiger charge is -2.47. The van der Waals surface area contributed by atoms with E-state index in [1.807, 2.05) is 0 Å². The van der Waals surface area contributed by atoms with Gasteiger partial charge in [-0.05, 0) is 56.3 Å². The third-order valence-electron chi connectivity index (χ3n) is 4.94. The summed E-state index contributed by atoms with van der Waals surface area (Å²) >= 11 is 0. The highest BCUT2D eigenvalue weighted by atomic mass is 14.5. The monoisotopic (exact) mass is 204 g/mol. The van der Waals surface area contributed by atoms with Crippen LogP contribution in [0.25, 0.3) is 0 Å². The highest BCUT2D eigenvalue weighted by Gasteiger charge is 2.41. The predicted octanol–water partition coefficient (Wildman–Crippen LogP) is 4.73. The first-order valence-corrected chi connectivity index (χ1v) is 6.39.